The van der Waals surface area contributed by atoms with Crippen molar-refractivity contribution in [2.75, 3.05) is 24.3 Å². The van der Waals surface area contributed by atoms with E-state index in [2.05, 4.69) is 42.6 Å². The number of ether oxygens (including phenoxy) is 1. The van der Waals surface area contributed by atoms with E-state index in [-0.39, 0.29) is 0 Å². The molecule has 0 fully saturated rings. The smallest absolute Gasteiger partial charge is 0.204 e. The molecule has 6 nitrogen and oxygen atoms in total. The molecule has 0 saturated heterocycles. The first-order valence-electron chi connectivity index (χ1n) is 6.29. The van der Waals surface area contributed by atoms with Gasteiger partial charge in [-0.1, -0.05) is 0 Å². The van der Waals surface area contributed by atoms with E-state index in [1.807, 2.05) is 6.92 Å². The predicted octanol–water partition coefficient (Wildman–Crippen LogP) is 3.29. The van der Waals surface area contributed by atoms with Crippen molar-refractivity contribution < 1.29 is 4.74 Å². The van der Waals surface area contributed by atoms with Gasteiger partial charge in [0.05, 0.1) is 24.4 Å². The third kappa shape index (κ3) is 3.41. The van der Waals surface area contributed by atoms with Crippen molar-refractivity contribution in [3.05, 3.63) is 34.6 Å². The number of anilines is 3. The van der Waals surface area contributed by atoms with Gasteiger partial charge in [0, 0.05) is 11.0 Å². The number of benzene rings is 1. The molecule has 0 saturated carbocycles. The summed E-state index contributed by atoms with van der Waals surface area (Å²) in [5.41, 5.74) is 1.36. The van der Waals surface area contributed by atoms with Gasteiger partial charge < -0.3 is 15.4 Å². The zero-order chi connectivity index (χ0) is 15.2. The number of nitrogens with one attached hydrogen (secondary N) is 2. The van der Waals surface area contributed by atoms with Gasteiger partial charge in [0.25, 0.3) is 0 Å². The molecule has 2 N–H and O–H groups in total. The molecule has 108 valence electrons. The lowest BCUT2D eigenvalue weighted by atomic mass is 10.2. The van der Waals surface area contributed by atoms with E-state index >= 15 is 0 Å². The van der Waals surface area contributed by atoms with E-state index in [1.54, 1.807) is 25.3 Å². The minimum atomic E-state index is 0.538. The zero-order valence-corrected chi connectivity index (χ0v) is 13.2. The highest BCUT2D eigenvalue weighted by atomic mass is 79.9. The number of nitrogens with zero attached hydrogens (tertiary/aromatic N) is 3. The van der Waals surface area contributed by atoms with Crippen LogP contribution in [-0.4, -0.2) is 23.6 Å². The molecule has 0 bridgehead atoms. The van der Waals surface area contributed by atoms with Crippen molar-refractivity contribution in [2.24, 2.45) is 0 Å². The van der Waals surface area contributed by atoms with Crippen LogP contribution in [0.25, 0.3) is 0 Å². The highest BCUT2D eigenvalue weighted by molar-refractivity contribution is 9.10. The van der Waals surface area contributed by atoms with E-state index in [9.17, 15) is 0 Å². The molecule has 0 aliphatic rings. The maximum absolute atomic E-state index is 8.88. The Kier molecular flexibility index (Phi) is 4.95. The van der Waals surface area contributed by atoms with Crippen LogP contribution >= 0.6 is 15.9 Å². The normalized spacial score (nSPS) is 9.81. The second-order valence-corrected chi connectivity index (χ2v) is 4.92. The van der Waals surface area contributed by atoms with Crippen LogP contribution < -0.4 is 15.4 Å². The van der Waals surface area contributed by atoms with Crippen molar-refractivity contribution in [1.29, 1.82) is 5.26 Å². The molecule has 21 heavy (non-hydrogen) atoms. The molecule has 0 radical (unpaired) electrons. The Bertz CT molecular complexity index is 684. The lowest BCUT2D eigenvalue weighted by Gasteiger charge is -2.14. The first kappa shape index (κ1) is 15.1. The van der Waals surface area contributed by atoms with E-state index in [1.165, 1.54) is 6.33 Å². The molecule has 2 aromatic rings. The van der Waals surface area contributed by atoms with Gasteiger partial charge in [0.1, 0.15) is 6.33 Å². The summed E-state index contributed by atoms with van der Waals surface area (Å²) in [6.07, 6.45) is 1.46. The Morgan fingerprint density at radius 2 is 2.10 bits per heavy atom. The van der Waals surface area contributed by atoms with Crippen molar-refractivity contribution in [3.8, 4) is 11.8 Å². The molecule has 0 amide bonds. The fraction of sp³-hybridized carbons (Fsp3) is 0.214. The average Bonchev–Trinajstić information content (AvgIpc) is 2.50. The SMILES string of the molecule is CCNc1ncnc(Nc2ccc(C#N)cc2Br)c1OC. The van der Waals surface area contributed by atoms with Gasteiger partial charge in [-0.2, -0.15) is 5.26 Å². The number of rotatable bonds is 5. The Labute approximate surface area is 131 Å². The molecule has 1 aromatic carbocycles. The van der Waals surface area contributed by atoms with Gasteiger partial charge in [0.2, 0.25) is 5.75 Å². The third-order valence-electron chi connectivity index (χ3n) is 2.70. The third-order valence-corrected chi connectivity index (χ3v) is 3.36. The summed E-state index contributed by atoms with van der Waals surface area (Å²) in [7, 11) is 1.57. The van der Waals surface area contributed by atoms with Crippen molar-refractivity contribution in [3.63, 3.8) is 0 Å². The van der Waals surface area contributed by atoms with Gasteiger partial charge in [-0.15, -0.1) is 0 Å². The monoisotopic (exact) mass is 347 g/mol. The standard InChI is InChI=1S/C14H14BrN5O/c1-3-17-13-12(21-2)14(19-8-18-13)20-11-5-4-9(7-16)6-10(11)15/h4-6,8H,3H2,1-2H3,(H2,17,18,19,20). The van der Waals surface area contributed by atoms with E-state index in [0.29, 0.717) is 22.9 Å². The van der Waals surface area contributed by atoms with Crippen LogP contribution in [0, 0.1) is 11.3 Å². The molecule has 0 spiro atoms. The summed E-state index contributed by atoms with van der Waals surface area (Å²) < 4.78 is 6.14. The quantitative estimate of drug-likeness (QED) is 0.863. The summed E-state index contributed by atoms with van der Waals surface area (Å²) in [4.78, 5) is 8.35. The highest BCUT2D eigenvalue weighted by Crippen LogP contribution is 2.33. The van der Waals surface area contributed by atoms with Gasteiger partial charge in [-0.05, 0) is 41.1 Å². The van der Waals surface area contributed by atoms with Crippen LogP contribution in [0.2, 0.25) is 0 Å². The summed E-state index contributed by atoms with van der Waals surface area (Å²) in [5, 5.41) is 15.2. The minimum absolute atomic E-state index is 0.538. The van der Waals surface area contributed by atoms with Crippen LogP contribution in [0.1, 0.15) is 12.5 Å². The van der Waals surface area contributed by atoms with E-state index in [4.69, 9.17) is 10.00 Å². The summed E-state index contributed by atoms with van der Waals surface area (Å²) in [5.74, 6) is 1.71. The maximum atomic E-state index is 8.88. The van der Waals surface area contributed by atoms with Crippen LogP contribution in [0.15, 0.2) is 29.0 Å². The molecule has 0 aliphatic carbocycles. The minimum Gasteiger partial charge on any atom is -0.490 e. The van der Waals surface area contributed by atoms with Crippen molar-refractivity contribution in [1.82, 2.24) is 9.97 Å². The molecule has 0 unspecified atom stereocenters. The van der Waals surface area contributed by atoms with Gasteiger partial charge >= 0.3 is 0 Å². The molecule has 1 aromatic heterocycles. The van der Waals surface area contributed by atoms with Crippen LogP contribution in [-0.2, 0) is 0 Å². The van der Waals surface area contributed by atoms with Gasteiger partial charge in [-0.3, -0.25) is 0 Å². The topological polar surface area (TPSA) is 82.9 Å². The highest BCUT2D eigenvalue weighted by Gasteiger charge is 2.13. The average molecular weight is 348 g/mol. The summed E-state index contributed by atoms with van der Waals surface area (Å²) in [6, 6.07) is 7.36. The number of nitriles is 1. The Balaban J connectivity index is 2.35. The number of aromatic nitrogens is 2. The zero-order valence-electron chi connectivity index (χ0n) is 11.6. The molecule has 2 rings (SSSR count). The van der Waals surface area contributed by atoms with Crippen molar-refractivity contribution in [2.45, 2.75) is 6.92 Å². The molecule has 0 atom stereocenters. The fourth-order valence-electron chi connectivity index (χ4n) is 1.76. The van der Waals surface area contributed by atoms with Gasteiger partial charge in [0.15, 0.2) is 11.6 Å². The lowest BCUT2D eigenvalue weighted by Crippen LogP contribution is -2.06. The number of hydrogen-bond acceptors (Lipinski definition) is 6. The largest absolute Gasteiger partial charge is 0.490 e. The molecular weight excluding hydrogens is 334 g/mol. The second-order valence-electron chi connectivity index (χ2n) is 4.07. The molecule has 0 aliphatic heterocycles. The fourth-order valence-corrected chi connectivity index (χ4v) is 2.24. The molecular formula is C14H14BrN5O. The number of halogens is 1. The lowest BCUT2D eigenvalue weighted by molar-refractivity contribution is 0.415. The van der Waals surface area contributed by atoms with Crippen LogP contribution in [0.4, 0.5) is 17.3 Å². The summed E-state index contributed by atoms with van der Waals surface area (Å²) >= 11 is 3.43. The first-order chi connectivity index (χ1) is 10.2. The van der Waals surface area contributed by atoms with E-state index < -0.39 is 0 Å². The van der Waals surface area contributed by atoms with Crippen LogP contribution in [0.5, 0.6) is 5.75 Å². The van der Waals surface area contributed by atoms with Crippen molar-refractivity contribution >= 4 is 33.3 Å². The molecule has 1 heterocycles. The Hall–Kier alpha value is -2.33. The summed E-state index contributed by atoms with van der Waals surface area (Å²) in [6.45, 7) is 2.71. The Morgan fingerprint density at radius 3 is 2.71 bits per heavy atom. The molecule has 7 heteroatoms. The van der Waals surface area contributed by atoms with Crippen LogP contribution in [0.3, 0.4) is 0 Å². The number of methoxy groups -OCH3 is 1. The number of hydrogen-bond donors (Lipinski definition) is 2. The first-order valence-corrected chi connectivity index (χ1v) is 7.08. The van der Waals surface area contributed by atoms with Gasteiger partial charge in [-0.25, -0.2) is 9.97 Å². The van der Waals surface area contributed by atoms with E-state index in [0.717, 1.165) is 16.7 Å². The second kappa shape index (κ2) is 6.90. The Morgan fingerprint density at radius 1 is 1.33 bits per heavy atom. The predicted molar refractivity (Wildman–Crippen MR) is 84.9 cm³/mol. The maximum Gasteiger partial charge on any atom is 0.204 e.